The van der Waals surface area contributed by atoms with Gasteiger partial charge in [0, 0.05) is 0 Å². The Morgan fingerprint density at radius 3 is 2.67 bits per heavy atom. The van der Waals surface area contributed by atoms with Crippen LogP contribution in [0.4, 0.5) is 0 Å². The molecule has 1 aliphatic rings. The molecule has 0 aromatic rings. The minimum atomic E-state index is 0.217. The number of hydrogen-bond acceptors (Lipinski definition) is 1. The standard InChI is InChI=1S/C11H16O/c1-9(2)8-11(12)10-6-4-3-5-7-10/h6,8H,3-5,7H2,1-2H3. The summed E-state index contributed by atoms with van der Waals surface area (Å²) < 4.78 is 0. The predicted molar refractivity (Wildman–Crippen MR) is 51.0 cm³/mol. The van der Waals surface area contributed by atoms with Gasteiger partial charge in [-0.2, -0.15) is 0 Å². The molecule has 0 heterocycles. The summed E-state index contributed by atoms with van der Waals surface area (Å²) in [5.41, 5.74) is 2.11. The quantitative estimate of drug-likeness (QED) is 0.573. The third-order valence-corrected chi connectivity index (χ3v) is 2.03. The molecule has 0 amide bonds. The van der Waals surface area contributed by atoms with E-state index < -0.39 is 0 Å². The van der Waals surface area contributed by atoms with Gasteiger partial charge < -0.3 is 0 Å². The third kappa shape index (κ3) is 2.65. The van der Waals surface area contributed by atoms with Gasteiger partial charge in [0.05, 0.1) is 0 Å². The van der Waals surface area contributed by atoms with E-state index in [9.17, 15) is 4.79 Å². The number of carbonyl (C=O) groups excluding carboxylic acids is 1. The second-order valence-corrected chi connectivity index (χ2v) is 3.56. The highest BCUT2D eigenvalue weighted by molar-refractivity contribution is 6.04. The van der Waals surface area contributed by atoms with Crippen LogP contribution in [0, 0.1) is 0 Å². The average Bonchev–Trinajstić information content (AvgIpc) is 2.05. The van der Waals surface area contributed by atoms with Gasteiger partial charge in [-0.1, -0.05) is 11.6 Å². The van der Waals surface area contributed by atoms with Crippen molar-refractivity contribution in [3.63, 3.8) is 0 Å². The van der Waals surface area contributed by atoms with Crippen molar-refractivity contribution in [2.24, 2.45) is 0 Å². The Morgan fingerprint density at radius 2 is 2.17 bits per heavy atom. The molecule has 0 radical (unpaired) electrons. The average molecular weight is 164 g/mol. The Bertz CT molecular complexity index is 229. The lowest BCUT2D eigenvalue weighted by Crippen LogP contribution is -2.02. The van der Waals surface area contributed by atoms with Crippen LogP contribution < -0.4 is 0 Å². The van der Waals surface area contributed by atoms with E-state index in [4.69, 9.17) is 0 Å². The molecule has 0 saturated heterocycles. The largest absolute Gasteiger partial charge is 0.290 e. The molecule has 0 N–H and O–H groups in total. The smallest absolute Gasteiger partial charge is 0.181 e. The van der Waals surface area contributed by atoms with E-state index in [0.717, 1.165) is 24.0 Å². The van der Waals surface area contributed by atoms with Gasteiger partial charge in [-0.25, -0.2) is 0 Å². The Labute approximate surface area is 74.2 Å². The molecule has 0 aromatic heterocycles. The van der Waals surface area contributed by atoms with Crippen LogP contribution in [0.2, 0.25) is 0 Å². The van der Waals surface area contributed by atoms with Crippen LogP contribution in [0.1, 0.15) is 39.5 Å². The van der Waals surface area contributed by atoms with Crippen LogP contribution in [-0.2, 0) is 4.79 Å². The van der Waals surface area contributed by atoms with Gasteiger partial charge in [0.25, 0.3) is 0 Å². The number of ketones is 1. The topological polar surface area (TPSA) is 17.1 Å². The molecule has 0 unspecified atom stereocenters. The summed E-state index contributed by atoms with van der Waals surface area (Å²) in [4.78, 5) is 11.5. The molecule has 0 atom stereocenters. The van der Waals surface area contributed by atoms with E-state index in [1.165, 1.54) is 12.8 Å². The van der Waals surface area contributed by atoms with Crippen molar-refractivity contribution in [3.05, 3.63) is 23.3 Å². The van der Waals surface area contributed by atoms with Crippen LogP contribution in [0.15, 0.2) is 23.3 Å². The second kappa shape index (κ2) is 4.24. The van der Waals surface area contributed by atoms with Crippen LogP contribution in [-0.4, -0.2) is 5.78 Å². The first-order valence-electron chi connectivity index (χ1n) is 4.58. The third-order valence-electron chi connectivity index (χ3n) is 2.03. The highest BCUT2D eigenvalue weighted by Gasteiger charge is 2.09. The Hall–Kier alpha value is -0.850. The molecule has 12 heavy (non-hydrogen) atoms. The minimum Gasteiger partial charge on any atom is -0.290 e. The van der Waals surface area contributed by atoms with Crippen LogP contribution in [0.5, 0.6) is 0 Å². The maximum Gasteiger partial charge on any atom is 0.181 e. The number of carbonyl (C=O) groups is 1. The van der Waals surface area contributed by atoms with E-state index in [0.29, 0.717) is 0 Å². The van der Waals surface area contributed by atoms with Gasteiger partial charge in [-0.3, -0.25) is 4.79 Å². The Morgan fingerprint density at radius 1 is 1.42 bits per heavy atom. The summed E-state index contributed by atoms with van der Waals surface area (Å²) in [6.07, 6.45) is 8.29. The molecule has 0 spiro atoms. The van der Waals surface area contributed by atoms with Gasteiger partial charge in [0.15, 0.2) is 5.78 Å². The van der Waals surface area contributed by atoms with Crippen molar-refractivity contribution in [3.8, 4) is 0 Å². The molecule has 1 heteroatoms. The van der Waals surface area contributed by atoms with Gasteiger partial charge in [0.2, 0.25) is 0 Å². The van der Waals surface area contributed by atoms with Gasteiger partial charge in [-0.05, 0) is 51.2 Å². The first kappa shape index (κ1) is 9.24. The molecule has 0 aliphatic heterocycles. The summed E-state index contributed by atoms with van der Waals surface area (Å²) in [6.45, 7) is 3.92. The molecule has 0 bridgehead atoms. The van der Waals surface area contributed by atoms with Crippen LogP contribution >= 0.6 is 0 Å². The molecule has 0 saturated carbocycles. The number of allylic oxidation sites excluding steroid dienone is 4. The minimum absolute atomic E-state index is 0.217. The molecule has 0 fully saturated rings. The zero-order chi connectivity index (χ0) is 8.97. The van der Waals surface area contributed by atoms with Crippen LogP contribution in [0.25, 0.3) is 0 Å². The molecular formula is C11H16O. The molecule has 66 valence electrons. The Balaban J connectivity index is 2.63. The monoisotopic (exact) mass is 164 g/mol. The summed E-state index contributed by atoms with van der Waals surface area (Å²) >= 11 is 0. The summed E-state index contributed by atoms with van der Waals surface area (Å²) in [5, 5.41) is 0. The van der Waals surface area contributed by atoms with Crippen molar-refractivity contribution in [2.45, 2.75) is 39.5 Å². The summed E-state index contributed by atoms with van der Waals surface area (Å²) in [6, 6.07) is 0. The zero-order valence-electron chi connectivity index (χ0n) is 7.89. The second-order valence-electron chi connectivity index (χ2n) is 3.56. The SMILES string of the molecule is CC(C)=CC(=O)C1=CCCCC1. The first-order valence-corrected chi connectivity index (χ1v) is 4.58. The zero-order valence-corrected chi connectivity index (χ0v) is 7.89. The predicted octanol–water partition coefficient (Wildman–Crippen LogP) is 3.02. The first-order chi connectivity index (χ1) is 5.70. The van der Waals surface area contributed by atoms with Crippen molar-refractivity contribution in [1.82, 2.24) is 0 Å². The fraction of sp³-hybridized carbons (Fsp3) is 0.545. The lowest BCUT2D eigenvalue weighted by Gasteiger charge is -2.09. The van der Waals surface area contributed by atoms with E-state index in [2.05, 4.69) is 6.08 Å². The highest BCUT2D eigenvalue weighted by Crippen LogP contribution is 2.18. The van der Waals surface area contributed by atoms with Crippen molar-refractivity contribution >= 4 is 5.78 Å². The molecule has 1 nitrogen and oxygen atoms in total. The fourth-order valence-corrected chi connectivity index (χ4v) is 1.42. The van der Waals surface area contributed by atoms with Gasteiger partial charge in [-0.15, -0.1) is 0 Å². The van der Waals surface area contributed by atoms with Crippen molar-refractivity contribution < 1.29 is 4.79 Å². The van der Waals surface area contributed by atoms with Crippen molar-refractivity contribution in [2.75, 3.05) is 0 Å². The highest BCUT2D eigenvalue weighted by atomic mass is 16.1. The maximum atomic E-state index is 11.5. The number of hydrogen-bond donors (Lipinski definition) is 0. The van der Waals surface area contributed by atoms with E-state index in [-0.39, 0.29) is 5.78 Å². The molecule has 0 aromatic carbocycles. The summed E-state index contributed by atoms with van der Waals surface area (Å²) in [7, 11) is 0. The van der Waals surface area contributed by atoms with E-state index in [1.807, 2.05) is 13.8 Å². The Kier molecular flexibility index (Phi) is 3.27. The normalized spacial score (nSPS) is 16.7. The van der Waals surface area contributed by atoms with Gasteiger partial charge in [0.1, 0.15) is 0 Å². The molecular weight excluding hydrogens is 148 g/mol. The van der Waals surface area contributed by atoms with Gasteiger partial charge >= 0.3 is 0 Å². The lowest BCUT2D eigenvalue weighted by atomic mass is 9.96. The lowest BCUT2D eigenvalue weighted by molar-refractivity contribution is -0.111. The van der Waals surface area contributed by atoms with E-state index >= 15 is 0 Å². The van der Waals surface area contributed by atoms with Crippen LogP contribution in [0.3, 0.4) is 0 Å². The number of rotatable bonds is 2. The van der Waals surface area contributed by atoms with E-state index in [1.54, 1.807) is 6.08 Å². The summed E-state index contributed by atoms with van der Waals surface area (Å²) in [5.74, 6) is 0.217. The van der Waals surface area contributed by atoms with Crippen molar-refractivity contribution in [1.29, 1.82) is 0 Å². The molecule has 1 aliphatic carbocycles. The molecule has 1 rings (SSSR count). The fourth-order valence-electron chi connectivity index (χ4n) is 1.42. The maximum absolute atomic E-state index is 11.5.